The van der Waals surface area contributed by atoms with Crippen LogP contribution in [0.2, 0.25) is 0 Å². The standard InChI is InChI=1S/C16H26N2/c1-3-13-11-8-12-18-16(13)15(17-2)14-9-6-4-5-7-10-14/h8,11-12,14-15,17H,3-7,9-10H2,1-2H3. The zero-order chi connectivity index (χ0) is 12.8. The van der Waals surface area contributed by atoms with Crippen LogP contribution in [0, 0.1) is 5.92 Å². The maximum absolute atomic E-state index is 4.66. The predicted molar refractivity (Wildman–Crippen MR) is 76.6 cm³/mol. The van der Waals surface area contributed by atoms with E-state index in [9.17, 15) is 0 Å². The highest BCUT2D eigenvalue weighted by molar-refractivity contribution is 5.23. The molecule has 1 aromatic heterocycles. The summed E-state index contributed by atoms with van der Waals surface area (Å²) in [5.74, 6) is 0.762. The lowest BCUT2D eigenvalue weighted by atomic mass is 9.87. The van der Waals surface area contributed by atoms with Gasteiger partial charge in [-0.1, -0.05) is 38.7 Å². The van der Waals surface area contributed by atoms with Gasteiger partial charge in [0.2, 0.25) is 0 Å². The van der Waals surface area contributed by atoms with Crippen molar-refractivity contribution in [3.63, 3.8) is 0 Å². The lowest BCUT2D eigenvalue weighted by Gasteiger charge is -2.27. The summed E-state index contributed by atoms with van der Waals surface area (Å²) >= 11 is 0. The highest BCUT2D eigenvalue weighted by Gasteiger charge is 2.25. The molecule has 0 spiro atoms. The summed E-state index contributed by atoms with van der Waals surface area (Å²) in [7, 11) is 2.09. The van der Waals surface area contributed by atoms with E-state index in [-0.39, 0.29) is 0 Å². The second-order valence-electron chi connectivity index (χ2n) is 5.42. The zero-order valence-corrected chi connectivity index (χ0v) is 11.8. The molecule has 100 valence electrons. The van der Waals surface area contributed by atoms with Crippen LogP contribution in [-0.2, 0) is 6.42 Å². The molecule has 1 saturated carbocycles. The predicted octanol–water partition coefficient (Wildman–Crippen LogP) is 3.87. The Labute approximate surface area is 111 Å². The van der Waals surface area contributed by atoms with Crippen LogP contribution in [0.5, 0.6) is 0 Å². The maximum atomic E-state index is 4.66. The molecule has 2 nitrogen and oxygen atoms in total. The SMILES string of the molecule is CCc1cccnc1C(NC)C1CCCCCC1. The van der Waals surface area contributed by atoms with E-state index < -0.39 is 0 Å². The third kappa shape index (κ3) is 3.11. The molecular formula is C16H26N2. The maximum Gasteiger partial charge on any atom is 0.0607 e. The fourth-order valence-corrected chi connectivity index (χ4v) is 3.27. The van der Waals surface area contributed by atoms with E-state index in [1.165, 1.54) is 49.8 Å². The van der Waals surface area contributed by atoms with E-state index in [0.29, 0.717) is 6.04 Å². The fraction of sp³-hybridized carbons (Fsp3) is 0.688. The van der Waals surface area contributed by atoms with Crippen LogP contribution in [0.4, 0.5) is 0 Å². The molecule has 1 fully saturated rings. The van der Waals surface area contributed by atoms with Gasteiger partial charge < -0.3 is 5.32 Å². The number of hydrogen-bond acceptors (Lipinski definition) is 2. The first-order valence-corrected chi connectivity index (χ1v) is 7.47. The molecule has 1 N–H and O–H groups in total. The number of pyridine rings is 1. The molecule has 0 amide bonds. The molecule has 1 atom stereocenters. The van der Waals surface area contributed by atoms with Gasteiger partial charge in [0.1, 0.15) is 0 Å². The molecular weight excluding hydrogens is 220 g/mol. The van der Waals surface area contributed by atoms with Gasteiger partial charge in [0.15, 0.2) is 0 Å². The lowest BCUT2D eigenvalue weighted by molar-refractivity contribution is 0.334. The van der Waals surface area contributed by atoms with Crippen molar-refractivity contribution in [2.75, 3.05) is 7.05 Å². The van der Waals surface area contributed by atoms with E-state index in [2.05, 4.69) is 36.4 Å². The Morgan fingerprint density at radius 2 is 2.00 bits per heavy atom. The first-order valence-electron chi connectivity index (χ1n) is 7.47. The number of aryl methyl sites for hydroxylation is 1. The third-order valence-electron chi connectivity index (χ3n) is 4.28. The summed E-state index contributed by atoms with van der Waals surface area (Å²) in [5, 5.41) is 3.53. The van der Waals surface area contributed by atoms with Gasteiger partial charge >= 0.3 is 0 Å². The quantitative estimate of drug-likeness (QED) is 0.816. The minimum Gasteiger partial charge on any atom is -0.311 e. The van der Waals surface area contributed by atoms with Crippen molar-refractivity contribution in [2.24, 2.45) is 5.92 Å². The van der Waals surface area contributed by atoms with Crippen LogP contribution in [0.15, 0.2) is 18.3 Å². The smallest absolute Gasteiger partial charge is 0.0607 e. The Hall–Kier alpha value is -0.890. The summed E-state index contributed by atoms with van der Waals surface area (Å²) < 4.78 is 0. The van der Waals surface area contributed by atoms with Gasteiger partial charge in [0.25, 0.3) is 0 Å². The molecule has 0 saturated heterocycles. The van der Waals surface area contributed by atoms with E-state index in [0.717, 1.165) is 12.3 Å². The molecule has 0 radical (unpaired) electrons. The number of hydrogen-bond donors (Lipinski definition) is 1. The van der Waals surface area contributed by atoms with Gasteiger partial charge in [0.05, 0.1) is 11.7 Å². The topological polar surface area (TPSA) is 24.9 Å². The largest absolute Gasteiger partial charge is 0.311 e. The second-order valence-corrected chi connectivity index (χ2v) is 5.42. The number of rotatable bonds is 4. The van der Waals surface area contributed by atoms with Gasteiger partial charge in [0, 0.05) is 6.20 Å². The Kier molecular flexibility index (Phi) is 5.18. The number of nitrogens with one attached hydrogen (secondary N) is 1. The molecule has 2 heteroatoms. The van der Waals surface area contributed by atoms with Crippen molar-refractivity contribution in [2.45, 2.75) is 57.9 Å². The van der Waals surface area contributed by atoms with Gasteiger partial charge in [-0.3, -0.25) is 4.98 Å². The van der Waals surface area contributed by atoms with Crippen LogP contribution >= 0.6 is 0 Å². The fourth-order valence-electron chi connectivity index (χ4n) is 3.27. The first kappa shape index (κ1) is 13.5. The Morgan fingerprint density at radius 3 is 2.61 bits per heavy atom. The van der Waals surface area contributed by atoms with Crippen LogP contribution in [0.25, 0.3) is 0 Å². The number of nitrogens with zero attached hydrogens (tertiary/aromatic N) is 1. The van der Waals surface area contributed by atoms with E-state index in [1.54, 1.807) is 0 Å². The van der Waals surface area contributed by atoms with Gasteiger partial charge in [-0.25, -0.2) is 0 Å². The summed E-state index contributed by atoms with van der Waals surface area (Å²) in [4.78, 5) is 4.66. The van der Waals surface area contributed by atoms with Crippen molar-refractivity contribution < 1.29 is 0 Å². The molecule has 18 heavy (non-hydrogen) atoms. The highest BCUT2D eigenvalue weighted by Crippen LogP contribution is 2.33. The van der Waals surface area contributed by atoms with Gasteiger partial charge in [-0.05, 0) is 43.9 Å². The van der Waals surface area contributed by atoms with E-state index >= 15 is 0 Å². The average Bonchev–Trinajstić information content (AvgIpc) is 2.69. The highest BCUT2D eigenvalue weighted by atomic mass is 14.9. The molecule has 1 aliphatic carbocycles. The number of aromatic nitrogens is 1. The molecule has 1 heterocycles. The molecule has 0 bridgehead atoms. The minimum atomic E-state index is 0.444. The second kappa shape index (κ2) is 6.89. The molecule has 1 aliphatic rings. The van der Waals surface area contributed by atoms with Crippen molar-refractivity contribution in [1.29, 1.82) is 0 Å². The first-order chi connectivity index (χ1) is 8.86. The Morgan fingerprint density at radius 1 is 1.28 bits per heavy atom. The molecule has 0 aromatic carbocycles. The Bertz CT molecular complexity index is 354. The van der Waals surface area contributed by atoms with Crippen molar-refractivity contribution in [3.05, 3.63) is 29.6 Å². The van der Waals surface area contributed by atoms with Crippen LogP contribution in [-0.4, -0.2) is 12.0 Å². The van der Waals surface area contributed by atoms with E-state index in [1.807, 2.05) is 6.20 Å². The monoisotopic (exact) mass is 246 g/mol. The zero-order valence-electron chi connectivity index (χ0n) is 11.8. The van der Waals surface area contributed by atoms with Gasteiger partial charge in [-0.15, -0.1) is 0 Å². The summed E-state index contributed by atoms with van der Waals surface area (Å²) in [6.45, 7) is 2.22. The summed E-state index contributed by atoms with van der Waals surface area (Å²) in [5.41, 5.74) is 2.69. The van der Waals surface area contributed by atoms with Gasteiger partial charge in [-0.2, -0.15) is 0 Å². The summed E-state index contributed by atoms with van der Waals surface area (Å²) in [6.07, 6.45) is 11.3. The van der Waals surface area contributed by atoms with Crippen molar-refractivity contribution >= 4 is 0 Å². The lowest BCUT2D eigenvalue weighted by Crippen LogP contribution is -2.27. The van der Waals surface area contributed by atoms with E-state index in [4.69, 9.17) is 0 Å². The third-order valence-corrected chi connectivity index (χ3v) is 4.28. The normalized spacial score (nSPS) is 19.4. The minimum absolute atomic E-state index is 0.444. The average molecular weight is 246 g/mol. The van der Waals surface area contributed by atoms with Crippen LogP contribution in [0.1, 0.15) is 62.7 Å². The summed E-state index contributed by atoms with van der Waals surface area (Å²) in [6, 6.07) is 4.73. The van der Waals surface area contributed by atoms with Crippen LogP contribution in [0.3, 0.4) is 0 Å². The molecule has 2 rings (SSSR count). The Balaban J connectivity index is 2.20. The van der Waals surface area contributed by atoms with Crippen molar-refractivity contribution in [1.82, 2.24) is 10.3 Å². The molecule has 1 aromatic rings. The van der Waals surface area contributed by atoms with Crippen molar-refractivity contribution in [3.8, 4) is 0 Å². The van der Waals surface area contributed by atoms with Crippen LogP contribution < -0.4 is 5.32 Å². The molecule has 1 unspecified atom stereocenters. The molecule has 0 aliphatic heterocycles.